The highest BCUT2D eigenvalue weighted by atomic mass is 32.1. The van der Waals surface area contributed by atoms with Crippen LogP contribution in [0.1, 0.15) is 67.6 Å². The predicted octanol–water partition coefficient (Wildman–Crippen LogP) is 3.80. The number of rotatable bonds is 5. The average molecular weight is 295 g/mol. The lowest BCUT2D eigenvalue weighted by molar-refractivity contribution is 0.109. The average Bonchev–Trinajstić information content (AvgIpc) is 2.75. The number of hydrogen-bond acceptors (Lipinski definition) is 4. The minimum Gasteiger partial charge on any atom is -0.328 e. The van der Waals surface area contributed by atoms with E-state index >= 15 is 0 Å². The van der Waals surface area contributed by atoms with Gasteiger partial charge in [-0.1, -0.05) is 6.92 Å². The molecule has 20 heavy (non-hydrogen) atoms. The van der Waals surface area contributed by atoms with Crippen molar-refractivity contribution < 1.29 is 0 Å². The van der Waals surface area contributed by atoms with Crippen molar-refractivity contribution in [3.8, 4) is 0 Å². The summed E-state index contributed by atoms with van der Waals surface area (Å²) in [5.74, 6) is 0. The Hall–Kier alpha value is -0.450. The molecule has 2 rings (SSSR count). The lowest BCUT2D eigenvalue weighted by atomic mass is 9.89. The molecular formula is C16H29N3S. The van der Waals surface area contributed by atoms with Crippen LogP contribution in [0, 0.1) is 13.8 Å². The smallest absolute Gasteiger partial charge is 0.0900 e. The Morgan fingerprint density at radius 3 is 2.45 bits per heavy atom. The molecule has 1 fully saturated rings. The standard InChI is InChI=1S/C16H29N3S/c1-5-10-19(15-8-6-14(17)7-9-15)12(3)16-11(2)18-13(4)20-16/h12,14-15H,5-10,17H2,1-4H3. The number of nitrogens with two attached hydrogens (primary N) is 1. The number of aryl methyl sites for hydroxylation is 2. The summed E-state index contributed by atoms with van der Waals surface area (Å²) in [6.07, 6.45) is 6.07. The SMILES string of the molecule is CCCN(C1CCC(N)CC1)C(C)c1sc(C)nc1C. The van der Waals surface area contributed by atoms with Crippen molar-refractivity contribution in [3.63, 3.8) is 0 Å². The summed E-state index contributed by atoms with van der Waals surface area (Å²) in [5.41, 5.74) is 7.28. The Bertz CT molecular complexity index is 421. The molecule has 1 aliphatic carbocycles. The van der Waals surface area contributed by atoms with Gasteiger partial charge in [0, 0.05) is 23.0 Å². The molecular weight excluding hydrogens is 266 g/mol. The third-order valence-electron chi connectivity index (χ3n) is 4.51. The molecule has 0 spiro atoms. The van der Waals surface area contributed by atoms with Crippen molar-refractivity contribution in [1.82, 2.24) is 9.88 Å². The van der Waals surface area contributed by atoms with E-state index in [4.69, 9.17) is 5.73 Å². The minimum atomic E-state index is 0.428. The van der Waals surface area contributed by atoms with Crippen LogP contribution < -0.4 is 5.73 Å². The molecule has 1 aliphatic rings. The summed E-state index contributed by atoms with van der Waals surface area (Å²) in [6, 6.07) is 1.62. The maximum Gasteiger partial charge on any atom is 0.0900 e. The third kappa shape index (κ3) is 3.60. The van der Waals surface area contributed by atoms with Crippen LogP contribution in [0.3, 0.4) is 0 Å². The topological polar surface area (TPSA) is 42.1 Å². The first kappa shape index (κ1) is 15.9. The highest BCUT2D eigenvalue weighted by Crippen LogP contribution is 2.34. The van der Waals surface area contributed by atoms with Gasteiger partial charge >= 0.3 is 0 Å². The van der Waals surface area contributed by atoms with E-state index in [1.165, 1.54) is 54.2 Å². The zero-order valence-electron chi connectivity index (χ0n) is 13.4. The first-order valence-electron chi connectivity index (χ1n) is 7.98. The van der Waals surface area contributed by atoms with E-state index < -0.39 is 0 Å². The Kier molecular flexibility index (Phi) is 5.58. The molecule has 1 aromatic heterocycles. The van der Waals surface area contributed by atoms with Crippen LogP contribution in [0.25, 0.3) is 0 Å². The van der Waals surface area contributed by atoms with Gasteiger partial charge in [0.25, 0.3) is 0 Å². The van der Waals surface area contributed by atoms with E-state index in [2.05, 4.69) is 37.6 Å². The van der Waals surface area contributed by atoms with Crippen LogP contribution in [-0.2, 0) is 0 Å². The molecule has 1 atom stereocenters. The van der Waals surface area contributed by atoms with Gasteiger partial charge in [-0.25, -0.2) is 4.98 Å². The zero-order valence-corrected chi connectivity index (χ0v) is 14.2. The fraction of sp³-hybridized carbons (Fsp3) is 0.812. The van der Waals surface area contributed by atoms with Crippen LogP contribution in [0.5, 0.6) is 0 Å². The van der Waals surface area contributed by atoms with Crippen molar-refractivity contribution >= 4 is 11.3 Å². The summed E-state index contributed by atoms with van der Waals surface area (Å²) < 4.78 is 0. The Morgan fingerprint density at radius 1 is 1.30 bits per heavy atom. The summed E-state index contributed by atoms with van der Waals surface area (Å²) in [7, 11) is 0. The van der Waals surface area contributed by atoms with Gasteiger partial charge < -0.3 is 5.73 Å². The molecule has 0 radical (unpaired) electrons. The maximum atomic E-state index is 6.06. The molecule has 4 heteroatoms. The number of aromatic nitrogens is 1. The van der Waals surface area contributed by atoms with Crippen LogP contribution in [-0.4, -0.2) is 28.5 Å². The van der Waals surface area contributed by atoms with Crippen LogP contribution in [0.4, 0.5) is 0 Å². The number of thiazole rings is 1. The molecule has 0 aromatic carbocycles. The molecule has 0 bridgehead atoms. The molecule has 0 aliphatic heterocycles. The minimum absolute atomic E-state index is 0.428. The monoisotopic (exact) mass is 295 g/mol. The largest absolute Gasteiger partial charge is 0.328 e. The van der Waals surface area contributed by atoms with Gasteiger partial charge in [0.2, 0.25) is 0 Å². The fourth-order valence-electron chi connectivity index (χ4n) is 3.47. The molecule has 114 valence electrons. The van der Waals surface area contributed by atoms with Crippen molar-refractivity contribution in [2.24, 2.45) is 5.73 Å². The number of nitrogens with zero attached hydrogens (tertiary/aromatic N) is 2. The quantitative estimate of drug-likeness (QED) is 0.898. The second kappa shape index (κ2) is 7.01. The van der Waals surface area contributed by atoms with E-state index in [0.717, 1.165) is 0 Å². The van der Waals surface area contributed by atoms with Crippen molar-refractivity contribution in [2.75, 3.05) is 6.54 Å². The van der Waals surface area contributed by atoms with Gasteiger partial charge in [0.15, 0.2) is 0 Å². The third-order valence-corrected chi connectivity index (χ3v) is 5.75. The molecule has 1 unspecified atom stereocenters. The van der Waals surface area contributed by atoms with E-state index in [1.54, 1.807) is 0 Å². The zero-order chi connectivity index (χ0) is 14.7. The summed E-state index contributed by atoms with van der Waals surface area (Å²) in [4.78, 5) is 8.75. The van der Waals surface area contributed by atoms with Gasteiger partial charge in [0.1, 0.15) is 0 Å². The Balaban J connectivity index is 2.13. The second-order valence-corrected chi connectivity index (χ2v) is 7.40. The van der Waals surface area contributed by atoms with Crippen LogP contribution in [0.2, 0.25) is 0 Å². The van der Waals surface area contributed by atoms with Crippen molar-refractivity contribution in [1.29, 1.82) is 0 Å². The Morgan fingerprint density at radius 2 is 1.95 bits per heavy atom. The molecule has 2 N–H and O–H groups in total. The van der Waals surface area contributed by atoms with Gasteiger partial charge in [-0.3, -0.25) is 4.90 Å². The van der Waals surface area contributed by atoms with Crippen molar-refractivity contribution in [2.45, 2.75) is 77.9 Å². The van der Waals surface area contributed by atoms with Crippen LogP contribution in [0.15, 0.2) is 0 Å². The lowest BCUT2D eigenvalue weighted by Gasteiger charge is -2.39. The first-order valence-corrected chi connectivity index (χ1v) is 8.79. The van der Waals surface area contributed by atoms with Crippen LogP contribution >= 0.6 is 11.3 Å². The summed E-state index contributed by atoms with van der Waals surface area (Å²) >= 11 is 1.86. The first-order chi connectivity index (χ1) is 9.52. The van der Waals surface area contributed by atoms with Gasteiger partial charge in [0.05, 0.1) is 10.7 Å². The van der Waals surface area contributed by atoms with Gasteiger partial charge in [-0.2, -0.15) is 0 Å². The normalized spacial score (nSPS) is 25.1. The molecule has 1 heterocycles. The lowest BCUT2D eigenvalue weighted by Crippen LogP contribution is -2.42. The summed E-state index contributed by atoms with van der Waals surface area (Å²) in [5, 5.41) is 1.19. The highest BCUT2D eigenvalue weighted by molar-refractivity contribution is 7.11. The second-order valence-electron chi connectivity index (χ2n) is 6.16. The van der Waals surface area contributed by atoms with Gasteiger partial charge in [-0.15, -0.1) is 11.3 Å². The van der Waals surface area contributed by atoms with E-state index in [9.17, 15) is 0 Å². The van der Waals surface area contributed by atoms with E-state index in [-0.39, 0.29) is 0 Å². The number of hydrogen-bond donors (Lipinski definition) is 1. The molecule has 3 nitrogen and oxygen atoms in total. The van der Waals surface area contributed by atoms with Gasteiger partial charge in [-0.05, 0) is 59.4 Å². The highest BCUT2D eigenvalue weighted by Gasteiger charge is 2.29. The summed E-state index contributed by atoms with van der Waals surface area (Å²) in [6.45, 7) is 10.1. The molecule has 0 amide bonds. The van der Waals surface area contributed by atoms with E-state index in [0.29, 0.717) is 18.1 Å². The fourth-order valence-corrected chi connectivity index (χ4v) is 4.47. The molecule has 1 saturated carbocycles. The predicted molar refractivity (Wildman–Crippen MR) is 87.2 cm³/mol. The molecule has 1 aromatic rings. The molecule has 0 saturated heterocycles. The maximum absolute atomic E-state index is 6.06. The van der Waals surface area contributed by atoms with E-state index in [1.807, 2.05) is 11.3 Å². The van der Waals surface area contributed by atoms with Crippen molar-refractivity contribution in [3.05, 3.63) is 15.6 Å². The Labute approximate surface area is 127 Å².